The molecule has 0 radical (unpaired) electrons. The SMILES string of the molecule is CCCNCc1c(-c2ccccc2)c2cc(OC)ccc2c(=O)n1C. The summed E-state index contributed by atoms with van der Waals surface area (Å²) in [4.78, 5) is 12.9. The van der Waals surface area contributed by atoms with Crippen molar-refractivity contribution in [3.8, 4) is 16.9 Å². The fraction of sp³-hybridized carbons (Fsp3) is 0.286. The van der Waals surface area contributed by atoms with E-state index in [-0.39, 0.29) is 5.56 Å². The van der Waals surface area contributed by atoms with Crippen LogP contribution in [0.4, 0.5) is 0 Å². The average Bonchev–Trinajstić information content (AvgIpc) is 2.66. The Morgan fingerprint density at radius 3 is 2.52 bits per heavy atom. The normalized spacial score (nSPS) is 11.0. The molecule has 3 aromatic rings. The van der Waals surface area contributed by atoms with Crippen LogP contribution in [0.5, 0.6) is 5.75 Å². The molecule has 0 atom stereocenters. The van der Waals surface area contributed by atoms with Gasteiger partial charge in [-0.2, -0.15) is 0 Å². The minimum absolute atomic E-state index is 0.0191. The van der Waals surface area contributed by atoms with Gasteiger partial charge in [0.25, 0.3) is 5.56 Å². The third kappa shape index (κ3) is 3.30. The second-order valence-corrected chi connectivity index (χ2v) is 6.14. The van der Waals surface area contributed by atoms with E-state index < -0.39 is 0 Å². The molecule has 0 amide bonds. The van der Waals surface area contributed by atoms with Gasteiger partial charge in [-0.15, -0.1) is 0 Å². The molecule has 3 rings (SSSR count). The van der Waals surface area contributed by atoms with Gasteiger partial charge in [0.1, 0.15) is 5.75 Å². The molecule has 25 heavy (non-hydrogen) atoms. The van der Waals surface area contributed by atoms with E-state index in [0.717, 1.165) is 40.9 Å². The van der Waals surface area contributed by atoms with Gasteiger partial charge in [0.05, 0.1) is 7.11 Å². The van der Waals surface area contributed by atoms with Crippen molar-refractivity contribution >= 4 is 10.8 Å². The fourth-order valence-electron chi connectivity index (χ4n) is 3.19. The van der Waals surface area contributed by atoms with E-state index in [9.17, 15) is 4.79 Å². The molecule has 0 bridgehead atoms. The first-order valence-corrected chi connectivity index (χ1v) is 8.63. The molecule has 0 aliphatic carbocycles. The van der Waals surface area contributed by atoms with Gasteiger partial charge < -0.3 is 14.6 Å². The van der Waals surface area contributed by atoms with Crippen LogP contribution in [-0.2, 0) is 13.6 Å². The van der Waals surface area contributed by atoms with Crippen LogP contribution in [0.15, 0.2) is 53.3 Å². The van der Waals surface area contributed by atoms with Crippen molar-refractivity contribution in [2.75, 3.05) is 13.7 Å². The van der Waals surface area contributed by atoms with Crippen LogP contribution in [0.2, 0.25) is 0 Å². The molecule has 2 aromatic carbocycles. The number of methoxy groups -OCH3 is 1. The quantitative estimate of drug-likeness (QED) is 0.698. The zero-order valence-corrected chi connectivity index (χ0v) is 15.0. The summed E-state index contributed by atoms with van der Waals surface area (Å²) < 4.78 is 7.16. The lowest BCUT2D eigenvalue weighted by molar-refractivity contribution is 0.415. The Balaban J connectivity index is 2.34. The highest BCUT2D eigenvalue weighted by molar-refractivity contribution is 5.98. The fourth-order valence-corrected chi connectivity index (χ4v) is 3.19. The summed E-state index contributed by atoms with van der Waals surface area (Å²) in [5.74, 6) is 0.755. The molecule has 130 valence electrons. The molecule has 1 heterocycles. The smallest absolute Gasteiger partial charge is 0.258 e. The average molecular weight is 336 g/mol. The highest BCUT2D eigenvalue weighted by Gasteiger charge is 2.16. The topological polar surface area (TPSA) is 43.3 Å². The molecule has 0 aliphatic rings. The van der Waals surface area contributed by atoms with Gasteiger partial charge in [-0.25, -0.2) is 0 Å². The molecule has 4 nitrogen and oxygen atoms in total. The van der Waals surface area contributed by atoms with E-state index in [2.05, 4.69) is 24.4 Å². The summed E-state index contributed by atoms with van der Waals surface area (Å²) in [5, 5.41) is 5.07. The highest BCUT2D eigenvalue weighted by Crippen LogP contribution is 2.32. The number of hydrogen-bond donors (Lipinski definition) is 1. The molecule has 0 spiro atoms. The van der Waals surface area contributed by atoms with E-state index in [1.165, 1.54) is 0 Å². The van der Waals surface area contributed by atoms with Crippen LogP contribution in [-0.4, -0.2) is 18.2 Å². The summed E-state index contributed by atoms with van der Waals surface area (Å²) in [6.07, 6.45) is 1.05. The number of ether oxygens (including phenoxy) is 1. The van der Waals surface area contributed by atoms with Crippen molar-refractivity contribution in [2.24, 2.45) is 7.05 Å². The number of nitrogens with one attached hydrogen (secondary N) is 1. The van der Waals surface area contributed by atoms with E-state index in [1.54, 1.807) is 11.7 Å². The predicted molar refractivity (Wildman–Crippen MR) is 103 cm³/mol. The van der Waals surface area contributed by atoms with Crippen LogP contribution in [0.25, 0.3) is 21.9 Å². The van der Waals surface area contributed by atoms with Crippen LogP contribution < -0.4 is 15.6 Å². The van der Waals surface area contributed by atoms with Crippen LogP contribution >= 0.6 is 0 Å². The van der Waals surface area contributed by atoms with E-state index >= 15 is 0 Å². The van der Waals surface area contributed by atoms with Gasteiger partial charge in [-0.05, 0) is 36.7 Å². The number of pyridine rings is 1. The minimum atomic E-state index is 0.0191. The van der Waals surface area contributed by atoms with E-state index in [4.69, 9.17) is 4.74 Å². The first kappa shape index (κ1) is 17.2. The molecule has 0 saturated carbocycles. The lowest BCUT2D eigenvalue weighted by Gasteiger charge is -2.18. The van der Waals surface area contributed by atoms with Crippen LogP contribution in [0, 0.1) is 0 Å². The second-order valence-electron chi connectivity index (χ2n) is 6.14. The van der Waals surface area contributed by atoms with Crippen molar-refractivity contribution in [3.63, 3.8) is 0 Å². The van der Waals surface area contributed by atoms with Gasteiger partial charge >= 0.3 is 0 Å². The van der Waals surface area contributed by atoms with E-state index in [0.29, 0.717) is 11.9 Å². The lowest BCUT2D eigenvalue weighted by Crippen LogP contribution is -2.26. The van der Waals surface area contributed by atoms with Crippen molar-refractivity contribution in [1.29, 1.82) is 0 Å². The van der Waals surface area contributed by atoms with E-state index in [1.807, 2.05) is 43.4 Å². The monoisotopic (exact) mass is 336 g/mol. The molecule has 0 unspecified atom stereocenters. The molecule has 0 saturated heterocycles. The molecule has 0 aliphatic heterocycles. The van der Waals surface area contributed by atoms with Crippen molar-refractivity contribution < 1.29 is 4.74 Å². The van der Waals surface area contributed by atoms with Gasteiger partial charge in [0.15, 0.2) is 0 Å². The third-order valence-corrected chi connectivity index (χ3v) is 4.51. The Labute approximate surface area is 148 Å². The maximum Gasteiger partial charge on any atom is 0.258 e. The number of aromatic nitrogens is 1. The van der Waals surface area contributed by atoms with Crippen LogP contribution in [0.3, 0.4) is 0 Å². The van der Waals surface area contributed by atoms with Gasteiger partial charge in [0, 0.05) is 35.6 Å². The maximum absolute atomic E-state index is 12.9. The summed E-state index contributed by atoms with van der Waals surface area (Å²) in [6.45, 7) is 3.70. The number of fused-ring (bicyclic) bond motifs is 1. The van der Waals surface area contributed by atoms with Gasteiger partial charge in [0.2, 0.25) is 0 Å². The third-order valence-electron chi connectivity index (χ3n) is 4.51. The van der Waals surface area contributed by atoms with Gasteiger partial charge in [-0.1, -0.05) is 37.3 Å². The Morgan fingerprint density at radius 1 is 1.08 bits per heavy atom. The van der Waals surface area contributed by atoms with Crippen molar-refractivity contribution in [1.82, 2.24) is 9.88 Å². The predicted octanol–water partition coefficient (Wildman–Crippen LogP) is 3.71. The standard InChI is InChI=1S/C21H24N2O2/c1-4-12-22-14-19-20(15-8-6-5-7-9-15)18-13-16(25-3)10-11-17(18)21(24)23(19)2/h5-11,13,22H,4,12,14H2,1-3H3. The molecular weight excluding hydrogens is 312 g/mol. The molecule has 1 aromatic heterocycles. The Hall–Kier alpha value is -2.59. The zero-order valence-electron chi connectivity index (χ0n) is 15.0. The lowest BCUT2D eigenvalue weighted by atomic mass is 9.96. The largest absolute Gasteiger partial charge is 0.497 e. The number of nitrogens with zero attached hydrogens (tertiary/aromatic N) is 1. The molecular formula is C21H24N2O2. The number of hydrogen-bond acceptors (Lipinski definition) is 3. The maximum atomic E-state index is 12.9. The highest BCUT2D eigenvalue weighted by atomic mass is 16.5. The summed E-state index contributed by atoms with van der Waals surface area (Å²) in [5.41, 5.74) is 3.20. The Bertz CT molecular complexity index is 930. The van der Waals surface area contributed by atoms with Gasteiger partial charge in [-0.3, -0.25) is 4.79 Å². The number of rotatable bonds is 6. The minimum Gasteiger partial charge on any atom is -0.497 e. The van der Waals surface area contributed by atoms with Crippen LogP contribution in [0.1, 0.15) is 19.0 Å². The first-order chi connectivity index (χ1) is 12.2. The van der Waals surface area contributed by atoms with Crippen molar-refractivity contribution in [3.05, 3.63) is 64.6 Å². The summed E-state index contributed by atoms with van der Waals surface area (Å²) >= 11 is 0. The molecule has 1 N–H and O–H groups in total. The Morgan fingerprint density at radius 2 is 1.84 bits per heavy atom. The zero-order chi connectivity index (χ0) is 17.8. The second kappa shape index (κ2) is 7.53. The number of benzene rings is 2. The molecule has 4 heteroatoms. The Kier molecular flexibility index (Phi) is 5.19. The summed E-state index contributed by atoms with van der Waals surface area (Å²) in [7, 11) is 3.50. The summed E-state index contributed by atoms with van der Waals surface area (Å²) in [6, 6.07) is 15.9. The van der Waals surface area contributed by atoms with Crippen molar-refractivity contribution in [2.45, 2.75) is 19.9 Å². The first-order valence-electron chi connectivity index (χ1n) is 8.63. The molecule has 0 fully saturated rings.